The third-order valence-corrected chi connectivity index (χ3v) is 4.28. The topological polar surface area (TPSA) is 125 Å². The first-order valence-electron chi connectivity index (χ1n) is 10.8. The molecule has 1 aromatic carbocycles. The molecule has 0 radical (unpaired) electrons. The number of carbonyl (C=O) groups excluding carboxylic acids is 3. The minimum atomic E-state index is -1.07. The van der Waals surface area contributed by atoms with Gasteiger partial charge in [0.15, 0.2) is 17.3 Å². The first-order valence-corrected chi connectivity index (χ1v) is 10.8. The van der Waals surface area contributed by atoms with E-state index in [1.165, 1.54) is 0 Å². The number of carbonyl (C=O) groups is 4. The van der Waals surface area contributed by atoms with Crippen LogP contribution in [0.25, 0.3) is 0 Å². The van der Waals surface area contributed by atoms with Crippen molar-refractivity contribution in [3.63, 3.8) is 0 Å². The molecule has 0 bridgehead atoms. The van der Waals surface area contributed by atoms with Gasteiger partial charge in [0.25, 0.3) is 0 Å². The van der Waals surface area contributed by atoms with Crippen LogP contribution in [0.5, 0.6) is 17.2 Å². The summed E-state index contributed by atoms with van der Waals surface area (Å²) in [6.45, 7) is 6.72. The van der Waals surface area contributed by atoms with Crippen LogP contribution in [0.4, 0.5) is 0 Å². The van der Waals surface area contributed by atoms with Crippen LogP contribution < -0.4 is 14.2 Å². The fraction of sp³-hybridized carbons (Fsp3) is 0.565. The summed E-state index contributed by atoms with van der Waals surface area (Å²) in [6.07, 6.45) is 0.0379. The van der Waals surface area contributed by atoms with Crippen molar-refractivity contribution in [1.29, 1.82) is 0 Å². The highest BCUT2D eigenvalue weighted by Gasteiger charge is 2.19. The van der Waals surface area contributed by atoms with Gasteiger partial charge in [0.1, 0.15) is 11.5 Å². The number of carboxylic acids is 1. The zero-order valence-electron chi connectivity index (χ0n) is 18.9. The number of hydrogen-bond acceptors (Lipinski definition) is 8. The van der Waals surface area contributed by atoms with E-state index in [-0.39, 0.29) is 50.3 Å². The maximum atomic E-state index is 12.8. The molecule has 0 amide bonds. The third-order valence-electron chi connectivity index (χ3n) is 4.28. The summed E-state index contributed by atoms with van der Waals surface area (Å²) in [7, 11) is 0. The molecule has 178 valence electrons. The Kier molecular flexibility index (Phi) is 12.5. The van der Waals surface area contributed by atoms with E-state index in [2.05, 4.69) is 0 Å². The summed E-state index contributed by atoms with van der Waals surface area (Å²) in [5, 5.41) is 8.52. The van der Waals surface area contributed by atoms with Crippen LogP contribution in [0, 0.1) is 0 Å². The zero-order chi connectivity index (χ0) is 23.9. The van der Waals surface area contributed by atoms with Gasteiger partial charge in [-0.2, -0.15) is 0 Å². The number of benzene rings is 1. The molecule has 9 heteroatoms. The molecule has 0 heterocycles. The molecule has 0 aliphatic heterocycles. The van der Waals surface area contributed by atoms with E-state index in [1.807, 2.05) is 20.8 Å². The summed E-state index contributed by atoms with van der Waals surface area (Å²) < 4.78 is 21.6. The number of ether oxygens (including phenoxy) is 4. The molecule has 0 atom stereocenters. The predicted molar refractivity (Wildman–Crippen MR) is 116 cm³/mol. The Bertz CT molecular complexity index is 786. The van der Waals surface area contributed by atoms with Crippen molar-refractivity contribution in [1.82, 2.24) is 0 Å². The number of esters is 1. The Hall–Kier alpha value is -3.10. The molecule has 0 aromatic heterocycles. The van der Waals surface area contributed by atoms with Gasteiger partial charge in [-0.05, 0) is 33.3 Å². The van der Waals surface area contributed by atoms with Crippen LogP contribution in [0.15, 0.2) is 12.1 Å². The Morgan fingerprint density at radius 3 is 1.94 bits per heavy atom. The lowest BCUT2D eigenvalue weighted by Crippen LogP contribution is -2.11. The van der Waals surface area contributed by atoms with Crippen molar-refractivity contribution >= 4 is 23.5 Å². The number of aliphatic carboxylic acids is 1. The highest BCUT2D eigenvalue weighted by atomic mass is 16.5. The fourth-order valence-electron chi connectivity index (χ4n) is 2.82. The van der Waals surface area contributed by atoms with Gasteiger partial charge in [0, 0.05) is 25.3 Å². The summed E-state index contributed by atoms with van der Waals surface area (Å²) in [6, 6.07) is 3.22. The van der Waals surface area contributed by atoms with Crippen molar-refractivity contribution < 1.29 is 43.2 Å². The first kappa shape index (κ1) is 26.9. The lowest BCUT2D eigenvalue weighted by Gasteiger charge is -2.16. The number of Topliss-reactive ketones (excluding diaryl/α,β-unsaturated/α-hetero) is 2. The van der Waals surface area contributed by atoms with Crippen molar-refractivity contribution in [2.24, 2.45) is 0 Å². The van der Waals surface area contributed by atoms with Crippen LogP contribution in [-0.4, -0.2) is 55.0 Å². The Balaban J connectivity index is 2.61. The van der Waals surface area contributed by atoms with Crippen LogP contribution in [0.1, 0.15) is 69.7 Å². The molecule has 0 saturated heterocycles. The molecule has 1 rings (SSSR count). The summed E-state index contributed by atoms with van der Waals surface area (Å²) >= 11 is 0. The van der Waals surface area contributed by atoms with Crippen molar-refractivity contribution in [3.05, 3.63) is 17.7 Å². The zero-order valence-corrected chi connectivity index (χ0v) is 18.9. The highest BCUT2D eigenvalue weighted by Crippen LogP contribution is 2.36. The number of carboxylic acid groups (broad SMARTS) is 1. The van der Waals surface area contributed by atoms with Crippen LogP contribution in [-0.2, 0) is 19.1 Å². The maximum absolute atomic E-state index is 12.8. The standard InChI is InChI=1S/C23H32O9/c1-4-29-19-15-21(31-6-3)20(30-5-2)14-17(19)18(25)10-9-16(24)8-7-13-32-23(28)12-11-22(26)27/h14-15H,4-13H2,1-3H3,(H,26,27). The normalized spacial score (nSPS) is 10.3. The van der Waals surface area contributed by atoms with E-state index in [4.69, 9.17) is 24.1 Å². The number of ketones is 2. The lowest BCUT2D eigenvalue weighted by atomic mass is 10.0. The SMILES string of the molecule is CCOc1cc(OCC)c(C(=O)CCC(=O)CCCOC(=O)CCC(=O)O)cc1OCC. The Morgan fingerprint density at radius 1 is 0.750 bits per heavy atom. The van der Waals surface area contributed by atoms with Gasteiger partial charge >= 0.3 is 11.9 Å². The van der Waals surface area contributed by atoms with E-state index in [1.54, 1.807) is 12.1 Å². The van der Waals surface area contributed by atoms with Crippen molar-refractivity contribution in [2.45, 2.75) is 59.3 Å². The molecular weight excluding hydrogens is 420 g/mol. The molecule has 0 spiro atoms. The van der Waals surface area contributed by atoms with E-state index >= 15 is 0 Å². The predicted octanol–water partition coefficient (Wildman–Crippen LogP) is 3.60. The summed E-state index contributed by atoms with van der Waals surface area (Å²) in [4.78, 5) is 46.6. The van der Waals surface area contributed by atoms with Gasteiger partial charge in [-0.1, -0.05) is 0 Å². The molecule has 0 unspecified atom stereocenters. The quantitative estimate of drug-likeness (QED) is 0.214. The van der Waals surface area contributed by atoms with Gasteiger partial charge in [-0.3, -0.25) is 19.2 Å². The van der Waals surface area contributed by atoms with E-state index in [0.717, 1.165) is 0 Å². The number of rotatable bonds is 17. The average molecular weight is 453 g/mol. The maximum Gasteiger partial charge on any atom is 0.306 e. The minimum Gasteiger partial charge on any atom is -0.493 e. The summed E-state index contributed by atoms with van der Waals surface area (Å²) in [5.41, 5.74) is 0.332. The number of hydrogen-bond donors (Lipinski definition) is 1. The summed E-state index contributed by atoms with van der Waals surface area (Å²) in [5.74, 6) is -0.750. The fourth-order valence-corrected chi connectivity index (χ4v) is 2.82. The molecule has 32 heavy (non-hydrogen) atoms. The van der Waals surface area contributed by atoms with Gasteiger partial charge in [-0.15, -0.1) is 0 Å². The van der Waals surface area contributed by atoms with Crippen LogP contribution in [0.2, 0.25) is 0 Å². The van der Waals surface area contributed by atoms with Crippen LogP contribution >= 0.6 is 0 Å². The Morgan fingerprint density at radius 2 is 1.34 bits per heavy atom. The van der Waals surface area contributed by atoms with Gasteiger partial charge in [-0.25, -0.2) is 0 Å². The average Bonchev–Trinajstić information content (AvgIpc) is 2.75. The second-order valence-corrected chi connectivity index (χ2v) is 6.77. The second-order valence-electron chi connectivity index (χ2n) is 6.77. The second kappa shape index (κ2) is 14.8. The van der Waals surface area contributed by atoms with Crippen LogP contribution in [0.3, 0.4) is 0 Å². The third kappa shape index (κ3) is 9.80. The van der Waals surface area contributed by atoms with E-state index in [0.29, 0.717) is 49.1 Å². The smallest absolute Gasteiger partial charge is 0.306 e. The molecule has 9 nitrogen and oxygen atoms in total. The van der Waals surface area contributed by atoms with Gasteiger partial charge < -0.3 is 24.1 Å². The monoisotopic (exact) mass is 452 g/mol. The minimum absolute atomic E-state index is 0.0108. The largest absolute Gasteiger partial charge is 0.493 e. The molecule has 0 aliphatic rings. The van der Waals surface area contributed by atoms with E-state index < -0.39 is 11.9 Å². The molecule has 0 saturated carbocycles. The van der Waals surface area contributed by atoms with Crippen molar-refractivity contribution in [2.75, 3.05) is 26.4 Å². The molecule has 1 N–H and O–H groups in total. The van der Waals surface area contributed by atoms with E-state index in [9.17, 15) is 19.2 Å². The van der Waals surface area contributed by atoms with Gasteiger partial charge in [0.05, 0.1) is 44.8 Å². The molecule has 0 fully saturated rings. The highest BCUT2D eigenvalue weighted by molar-refractivity contribution is 6.01. The molecule has 0 aliphatic carbocycles. The Labute approximate surface area is 188 Å². The lowest BCUT2D eigenvalue weighted by molar-refractivity contribution is -0.148. The van der Waals surface area contributed by atoms with Gasteiger partial charge in [0.2, 0.25) is 0 Å². The molecular formula is C23H32O9. The van der Waals surface area contributed by atoms with Crippen molar-refractivity contribution in [3.8, 4) is 17.2 Å². The first-order chi connectivity index (χ1) is 15.3. The molecule has 1 aromatic rings.